The fraction of sp³-hybridized carbons (Fsp3) is 0.692. The lowest BCUT2D eigenvalue weighted by Gasteiger charge is -2.14. The molecule has 6 heteroatoms. The van der Waals surface area contributed by atoms with E-state index in [1.165, 1.54) is 0 Å². The zero-order chi connectivity index (χ0) is 14.7. The van der Waals surface area contributed by atoms with Crippen molar-refractivity contribution < 1.29 is 4.52 Å². The molecule has 1 aromatic heterocycles. The zero-order valence-electron chi connectivity index (χ0n) is 12.4. The minimum absolute atomic E-state index is 0.132. The minimum Gasteiger partial charge on any atom is -0.296 e. The molecule has 0 unspecified atom stereocenters. The predicted octanol–water partition coefficient (Wildman–Crippen LogP) is 2.18. The van der Waals surface area contributed by atoms with Crippen LogP contribution in [0, 0.1) is 5.41 Å². The van der Waals surface area contributed by atoms with Crippen molar-refractivity contribution in [1.82, 2.24) is 10.1 Å². The van der Waals surface area contributed by atoms with E-state index in [1.54, 1.807) is 0 Å². The normalized spacial score (nSPS) is 14.9. The number of aliphatic imine (C=N–C) groups is 2. The SMILES string of the molecule is CC(C)(C)C1=NCC=N1.CC(C)(C)c1noc(=O)[nH]1. The van der Waals surface area contributed by atoms with Crippen LogP contribution in [-0.4, -0.2) is 28.7 Å². The van der Waals surface area contributed by atoms with Gasteiger partial charge in [-0.1, -0.05) is 46.7 Å². The maximum absolute atomic E-state index is 10.5. The van der Waals surface area contributed by atoms with Crippen molar-refractivity contribution in [2.24, 2.45) is 15.4 Å². The van der Waals surface area contributed by atoms with Crippen molar-refractivity contribution in [2.45, 2.75) is 47.0 Å². The Morgan fingerprint density at radius 1 is 1.16 bits per heavy atom. The smallest absolute Gasteiger partial charge is 0.296 e. The van der Waals surface area contributed by atoms with E-state index in [-0.39, 0.29) is 10.8 Å². The van der Waals surface area contributed by atoms with Crippen LogP contribution in [0.5, 0.6) is 0 Å². The van der Waals surface area contributed by atoms with Crippen LogP contribution in [0.3, 0.4) is 0 Å². The number of hydrogen-bond acceptors (Lipinski definition) is 5. The summed E-state index contributed by atoms with van der Waals surface area (Å²) >= 11 is 0. The molecular formula is C13H22N4O2. The summed E-state index contributed by atoms with van der Waals surface area (Å²) in [6.45, 7) is 13.0. The Hall–Kier alpha value is -1.72. The minimum atomic E-state index is -0.495. The third kappa shape index (κ3) is 4.81. The molecule has 0 radical (unpaired) electrons. The van der Waals surface area contributed by atoms with E-state index in [4.69, 9.17) is 0 Å². The quantitative estimate of drug-likeness (QED) is 0.781. The fourth-order valence-electron chi connectivity index (χ4n) is 1.28. The first kappa shape index (κ1) is 15.3. The standard InChI is InChI=1S/C7H12N2.C6H10N2O2/c1-7(2,3)6-8-4-5-9-6;1-6(2,3)4-7-5(9)10-8-4/h4H,5H2,1-3H3;1-3H3,(H,7,8,9). The third-order valence-electron chi connectivity index (χ3n) is 2.36. The predicted molar refractivity (Wildman–Crippen MR) is 76.1 cm³/mol. The highest BCUT2D eigenvalue weighted by Crippen LogP contribution is 2.18. The van der Waals surface area contributed by atoms with Gasteiger partial charge in [-0.25, -0.2) is 9.79 Å². The second kappa shape index (κ2) is 5.50. The molecule has 0 amide bonds. The van der Waals surface area contributed by atoms with Gasteiger partial charge in [-0.15, -0.1) is 0 Å². The molecule has 0 saturated carbocycles. The molecule has 2 heterocycles. The Morgan fingerprint density at radius 2 is 1.79 bits per heavy atom. The average molecular weight is 266 g/mol. The maximum atomic E-state index is 10.5. The number of nitrogens with one attached hydrogen (secondary N) is 1. The molecule has 0 saturated heterocycles. The van der Waals surface area contributed by atoms with Gasteiger partial charge < -0.3 is 0 Å². The molecule has 0 aliphatic carbocycles. The van der Waals surface area contributed by atoms with Gasteiger partial charge in [0, 0.05) is 17.0 Å². The van der Waals surface area contributed by atoms with Gasteiger partial charge in [-0.05, 0) is 0 Å². The zero-order valence-corrected chi connectivity index (χ0v) is 12.4. The van der Waals surface area contributed by atoms with Crippen LogP contribution >= 0.6 is 0 Å². The summed E-state index contributed by atoms with van der Waals surface area (Å²) in [5, 5.41) is 3.54. The molecule has 2 rings (SSSR count). The largest absolute Gasteiger partial charge is 0.438 e. The van der Waals surface area contributed by atoms with Crippen molar-refractivity contribution in [1.29, 1.82) is 0 Å². The van der Waals surface area contributed by atoms with E-state index in [0.29, 0.717) is 5.82 Å². The van der Waals surface area contributed by atoms with Crippen LogP contribution in [0.1, 0.15) is 47.4 Å². The second-order valence-electron chi connectivity index (χ2n) is 6.42. The number of aromatic amines is 1. The number of H-pyrrole nitrogens is 1. The molecule has 0 bridgehead atoms. The molecule has 1 N–H and O–H groups in total. The molecule has 19 heavy (non-hydrogen) atoms. The molecule has 1 aromatic rings. The molecule has 6 nitrogen and oxygen atoms in total. The molecule has 1 aliphatic heterocycles. The van der Waals surface area contributed by atoms with Gasteiger partial charge in [-0.3, -0.25) is 14.5 Å². The average Bonchev–Trinajstić information content (AvgIpc) is 2.84. The van der Waals surface area contributed by atoms with Crippen LogP contribution in [0.15, 0.2) is 19.3 Å². The lowest BCUT2D eigenvalue weighted by molar-refractivity contribution is 0.369. The maximum Gasteiger partial charge on any atom is 0.438 e. The van der Waals surface area contributed by atoms with Gasteiger partial charge in [0.2, 0.25) is 0 Å². The van der Waals surface area contributed by atoms with Crippen LogP contribution in [0.2, 0.25) is 0 Å². The van der Waals surface area contributed by atoms with Crippen LogP contribution in [-0.2, 0) is 5.41 Å². The van der Waals surface area contributed by atoms with Gasteiger partial charge in [0.05, 0.1) is 6.54 Å². The van der Waals surface area contributed by atoms with E-state index in [1.807, 2.05) is 27.0 Å². The monoisotopic (exact) mass is 266 g/mol. The number of nitrogens with zero attached hydrogens (tertiary/aromatic N) is 3. The molecule has 0 aromatic carbocycles. The highest BCUT2D eigenvalue weighted by Gasteiger charge is 2.19. The summed E-state index contributed by atoms with van der Waals surface area (Å²) in [6, 6.07) is 0. The Bertz CT molecular complexity index is 524. The number of amidine groups is 1. The molecule has 0 atom stereocenters. The first-order valence-electron chi connectivity index (χ1n) is 6.24. The van der Waals surface area contributed by atoms with E-state index in [0.717, 1.165) is 12.4 Å². The van der Waals surface area contributed by atoms with Gasteiger partial charge in [0.15, 0.2) is 5.82 Å². The summed E-state index contributed by atoms with van der Waals surface area (Å²) in [5.74, 6) is 1.06. The first-order valence-corrected chi connectivity index (χ1v) is 6.24. The topological polar surface area (TPSA) is 83.6 Å². The lowest BCUT2D eigenvalue weighted by Crippen LogP contribution is -2.16. The Morgan fingerprint density at radius 3 is 2.00 bits per heavy atom. The summed E-state index contributed by atoms with van der Waals surface area (Å²) in [7, 11) is 0. The van der Waals surface area contributed by atoms with Crippen molar-refractivity contribution in [2.75, 3.05) is 6.54 Å². The van der Waals surface area contributed by atoms with E-state index in [9.17, 15) is 4.79 Å². The number of hydrogen-bond donors (Lipinski definition) is 1. The van der Waals surface area contributed by atoms with E-state index >= 15 is 0 Å². The number of rotatable bonds is 0. The van der Waals surface area contributed by atoms with Crippen molar-refractivity contribution in [3.05, 3.63) is 16.4 Å². The molecule has 0 fully saturated rings. The Kier molecular flexibility index (Phi) is 4.44. The summed E-state index contributed by atoms with van der Waals surface area (Å²) in [5.41, 5.74) is -0.0147. The van der Waals surface area contributed by atoms with Gasteiger partial charge in [-0.2, -0.15) is 0 Å². The summed E-state index contributed by atoms with van der Waals surface area (Å²) in [6.07, 6.45) is 1.85. The Balaban J connectivity index is 0.000000191. The number of aromatic nitrogens is 2. The molecule has 1 aliphatic rings. The van der Waals surface area contributed by atoms with E-state index in [2.05, 4.69) is 45.4 Å². The summed E-state index contributed by atoms with van der Waals surface area (Å²) in [4.78, 5) is 21.3. The van der Waals surface area contributed by atoms with E-state index < -0.39 is 5.76 Å². The fourth-order valence-corrected chi connectivity index (χ4v) is 1.28. The third-order valence-corrected chi connectivity index (χ3v) is 2.36. The lowest BCUT2D eigenvalue weighted by atomic mass is 9.95. The van der Waals surface area contributed by atoms with Crippen molar-refractivity contribution >= 4 is 12.1 Å². The molecule has 106 valence electrons. The van der Waals surface area contributed by atoms with Crippen molar-refractivity contribution in [3.8, 4) is 0 Å². The van der Waals surface area contributed by atoms with Crippen LogP contribution < -0.4 is 5.76 Å². The highest BCUT2D eigenvalue weighted by atomic mass is 16.5. The van der Waals surface area contributed by atoms with Gasteiger partial charge in [0.25, 0.3) is 0 Å². The van der Waals surface area contributed by atoms with Crippen LogP contribution in [0.4, 0.5) is 0 Å². The Labute approximate surface area is 113 Å². The molecule has 0 spiro atoms. The summed E-state index contributed by atoms with van der Waals surface area (Å²) < 4.78 is 4.33. The van der Waals surface area contributed by atoms with Gasteiger partial charge in [0.1, 0.15) is 5.84 Å². The highest BCUT2D eigenvalue weighted by molar-refractivity contribution is 5.97. The van der Waals surface area contributed by atoms with Gasteiger partial charge >= 0.3 is 5.76 Å². The van der Waals surface area contributed by atoms with Crippen molar-refractivity contribution in [3.63, 3.8) is 0 Å². The second-order valence-corrected chi connectivity index (χ2v) is 6.42. The first-order chi connectivity index (χ1) is 8.60. The molecular weight excluding hydrogens is 244 g/mol. The van der Waals surface area contributed by atoms with Crippen LogP contribution in [0.25, 0.3) is 0 Å².